The second-order valence-electron chi connectivity index (χ2n) is 4.55. The summed E-state index contributed by atoms with van der Waals surface area (Å²) in [6.45, 7) is 1.75. The first kappa shape index (κ1) is 14.4. The van der Waals surface area contributed by atoms with E-state index in [0.29, 0.717) is 22.7 Å². The number of hydrogen-bond donors (Lipinski definition) is 2. The Labute approximate surface area is 123 Å². The zero-order chi connectivity index (χ0) is 15.2. The van der Waals surface area contributed by atoms with Gasteiger partial charge in [0, 0.05) is 11.4 Å². The molecule has 0 aliphatic rings. The summed E-state index contributed by atoms with van der Waals surface area (Å²) in [6.07, 6.45) is 0. The maximum atomic E-state index is 11.9. The maximum absolute atomic E-state index is 11.9. The smallest absolute Gasteiger partial charge is 0.262 e. The van der Waals surface area contributed by atoms with Crippen LogP contribution in [0.4, 0.5) is 11.4 Å². The number of nitrogens with zero attached hydrogens (tertiary/aromatic N) is 1. The molecule has 2 aromatic rings. The molecule has 5 heteroatoms. The van der Waals surface area contributed by atoms with Crippen molar-refractivity contribution < 1.29 is 9.53 Å². The molecule has 5 nitrogen and oxygen atoms in total. The molecule has 0 aliphatic carbocycles. The Kier molecular flexibility index (Phi) is 4.42. The summed E-state index contributed by atoms with van der Waals surface area (Å²) in [6, 6.07) is 14.0. The lowest BCUT2D eigenvalue weighted by Gasteiger charge is -2.10. The average molecular weight is 281 g/mol. The van der Waals surface area contributed by atoms with E-state index in [0.717, 1.165) is 5.56 Å². The fourth-order valence-electron chi connectivity index (χ4n) is 1.73. The highest BCUT2D eigenvalue weighted by Crippen LogP contribution is 2.17. The van der Waals surface area contributed by atoms with Gasteiger partial charge >= 0.3 is 0 Å². The van der Waals surface area contributed by atoms with E-state index in [1.165, 1.54) is 0 Å². The van der Waals surface area contributed by atoms with Crippen molar-refractivity contribution in [2.45, 2.75) is 6.92 Å². The van der Waals surface area contributed by atoms with Gasteiger partial charge in [-0.3, -0.25) is 4.79 Å². The number of aryl methyl sites for hydroxylation is 1. The van der Waals surface area contributed by atoms with Gasteiger partial charge in [0.15, 0.2) is 6.61 Å². The van der Waals surface area contributed by atoms with Gasteiger partial charge in [-0.15, -0.1) is 0 Å². The predicted octanol–water partition coefficient (Wildman–Crippen LogP) is 2.47. The van der Waals surface area contributed by atoms with E-state index in [-0.39, 0.29) is 12.5 Å². The molecule has 0 saturated carbocycles. The molecular weight excluding hydrogens is 266 g/mol. The average Bonchev–Trinajstić information content (AvgIpc) is 2.49. The summed E-state index contributed by atoms with van der Waals surface area (Å²) < 4.78 is 5.36. The van der Waals surface area contributed by atoms with Crippen molar-refractivity contribution >= 4 is 17.3 Å². The van der Waals surface area contributed by atoms with Crippen LogP contribution >= 0.6 is 0 Å². The number of nitrogen functional groups attached to an aromatic ring is 1. The minimum atomic E-state index is -0.287. The fraction of sp³-hybridized carbons (Fsp3) is 0.125. The van der Waals surface area contributed by atoms with Crippen LogP contribution in [0.3, 0.4) is 0 Å². The van der Waals surface area contributed by atoms with Crippen LogP contribution in [-0.2, 0) is 4.79 Å². The van der Waals surface area contributed by atoms with E-state index in [2.05, 4.69) is 5.32 Å². The first-order chi connectivity index (χ1) is 10.1. The molecule has 2 rings (SSSR count). The molecule has 0 radical (unpaired) electrons. The third-order valence-corrected chi connectivity index (χ3v) is 2.89. The van der Waals surface area contributed by atoms with E-state index in [1.54, 1.807) is 42.5 Å². The van der Waals surface area contributed by atoms with Crippen LogP contribution in [0.15, 0.2) is 42.5 Å². The summed E-state index contributed by atoms with van der Waals surface area (Å²) in [5, 5.41) is 11.6. The second kappa shape index (κ2) is 6.44. The number of nitrogens with two attached hydrogens (primary N) is 1. The molecule has 0 aromatic heterocycles. The van der Waals surface area contributed by atoms with Crippen LogP contribution in [0.5, 0.6) is 5.75 Å². The van der Waals surface area contributed by atoms with Crippen LogP contribution in [0.25, 0.3) is 0 Å². The lowest BCUT2D eigenvalue weighted by atomic mass is 10.1. The molecule has 106 valence electrons. The van der Waals surface area contributed by atoms with Gasteiger partial charge < -0.3 is 15.8 Å². The monoisotopic (exact) mass is 281 g/mol. The number of anilines is 2. The van der Waals surface area contributed by atoms with E-state index >= 15 is 0 Å². The molecule has 0 saturated heterocycles. The normalized spacial score (nSPS) is 9.71. The Morgan fingerprint density at radius 3 is 2.67 bits per heavy atom. The number of rotatable bonds is 4. The molecule has 0 unspecified atom stereocenters. The van der Waals surface area contributed by atoms with Crippen molar-refractivity contribution in [2.24, 2.45) is 0 Å². The highest BCUT2D eigenvalue weighted by atomic mass is 16.5. The SMILES string of the molecule is Cc1ccc(C#N)cc1NC(=O)COc1ccc(N)cc1. The van der Waals surface area contributed by atoms with Crippen LogP contribution in [0.1, 0.15) is 11.1 Å². The number of hydrogen-bond acceptors (Lipinski definition) is 4. The van der Waals surface area contributed by atoms with E-state index in [1.807, 2.05) is 13.0 Å². The number of benzene rings is 2. The standard InChI is InChI=1S/C16H15N3O2/c1-11-2-3-12(9-17)8-15(11)19-16(20)10-21-14-6-4-13(18)5-7-14/h2-8H,10,18H2,1H3,(H,19,20). The van der Waals surface area contributed by atoms with Crippen LogP contribution in [0, 0.1) is 18.3 Å². The Morgan fingerprint density at radius 2 is 2.00 bits per heavy atom. The molecule has 0 spiro atoms. The van der Waals surface area contributed by atoms with Crippen LogP contribution in [-0.4, -0.2) is 12.5 Å². The Balaban J connectivity index is 1.96. The first-order valence-electron chi connectivity index (χ1n) is 6.37. The van der Waals surface area contributed by atoms with Gasteiger partial charge in [0.1, 0.15) is 5.75 Å². The third kappa shape index (κ3) is 3.98. The minimum absolute atomic E-state index is 0.111. The van der Waals surface area contributed by atoms with Gasteiger partial charge in [-0.1, -0.05) is 6.07 Å². The zero-order valence-electron chi connectivity index (χ0n) is 11.6. The minimum Gasteiger partial charge on any atom is -0.484 e. The molecule has 3 N–H and O–H groups in total. The number of ether oxygens (including phenoxy) is 1. The summed E-state index contributed by atoms with van der Waals surface area (Å²) >= 11 is 0. The fourth-order valence-corrected chi connectivity index (χ4v) is 1.73. The van der Waals surface area contributed by atoms with E-state index in [4.69, 9.17) is 15.7 Å². The number of nitriles is 1. The highest BCUT2D eigenvalue weighted by Gasteiger charge is 2.07. The molecule has 1 amide bonds. The lowest BCUT2D eigenvalue weighted by molar-refractivity contribution is -0.118. The molecule has 0 fully saturated rings. The van der Waals surface area contributed by atoms with Crippen molar-refractivity contribution in [1.29, 1.82) is 5.26 Å². The van der Waals surface area contributed by atoms with Crippen LogP contribution < -0.4 is 15.8 Å². The summed E-state index contributed by atoms with van der Waals surface area (Å²) in [5.74, 6) is 0.284. The summed E-state index contributed by atoms with van der Waals surface area (Å²) in [5.41, 5.74) is 8.19. The van der Waals surface area contributed by atoms with Crippen molar-refractivity contribution in [3.8, 4) is 11.8 Å². The maximum Gasteiger partial charge on any atom is 0.262 e. The van der Waals surface area contributed by atoms with Gasteiger partial charge in [-0.2, -0.15) is 5.26 Å². The van der Waals surface area contributed by atoms with Crippen molar-refractivity contribution in [3.05, 3.63) is 53.6 Å². The molecule has 21 heavy (non-hydrogen) atoms. The zero-order valence-corrected chi connectivity index (χ0v) is 11.6. The molecule has 0 atom stereocenters. The van der Waals surface area contributed by atoms with Crippen LogP contribution in [0.2, 0.25) is 0 Å². The topological polar surface area (TPSA) is 88.1 Å². The van der Waals surface area contributed by atoms with Crippen molar-refractivity contribution in [2.75, 3.05) is 17.7 Å². The Hall–Kier alpha value is -3.00. The summed E-state index contributed by atoms with van der Waals surface area (Å²) in [4.78, 5) is 11.9. The first-order valence-corrected chi connectivity index (χ1v) is 6.37. The molecular formula is C16H15N3O2. The van der Waals surface area contributed by atoms with Gasteiger partial charge in [0.25, 0.3) is 5.91 Å². The number of carbonyl (C=O) groups excluding carboxylic acids is 1. The number of amides is 1. The molecule has 2 aromatic carbocycles. The van der Waals surface area contributed by atoms with Gasteiger partial charge in [-0.05, 0) is 48.9 Å². The second-order valence-corrected chi connectivity index (χ2v) is 4.55. The predicted molar refractivity (Wildman–Crippen MR) is 80.9 cm³/mol. The number of nitrogens with one attached hydrogen (secondary N) is 1. The van der Waals surface area contributed by atoms with Crippen molar-refractivity contribution in [1.82, 2.24) is 0 Å². The van der Waals surface area contributed by atoms with Gasteiger partial charge in [-0.25, -0.2) is 0 Å². The van der Waals surface area contributed by atoms with Crippen molar-refractivity contribution in [3.63, 3.8) is 0 Å². The highest BCUT2D eigenvalue weighted by molar-refractivity contribution is 5.92. The largest absolute Gasteiger partial charge is 0.484 e. The number of carbonyl (C=O) groups is 1. The Bertz CT molecular complexity index is 688. The lowest BCUT2D eigenvalue weighted by Crippen LogP contribution is -2.20. The van der Waals surface area contributed by atoms with Gasteiger partial charge in [0.05, 0.1) is 11.6 Å². The Morgan fingerprint density at radius 1 is 1.29 bits per heavy atom. The molecule has 0 heterocycles. The molecule has 0 bridgehead atoms. The quantitative estimate of drug-likeness (QED) is 0.843. The summed E-state index contributed by atoms with van der Waals surface area (Å²) in [7, 11) is 0. The molecule has 0 aliphatic heterocycles. The van der Waals surface area contributed by atoms with E-state index in [9.17, 15) is 4.79 Å². The third-order valence-electron chi connectivity index (χ3n) is 2.89. The van der Waals surface area contributed by atoms with Gasteiger partial charge in [0.2, 0.25) is 0 Å². The van der Waals surface area contributed by atoms with E-state index < -0.39 is 0 Å².